The summed E-state index contributed by atoms with van der Waals surface area (Å²) in [5, 5.41) is 9.27. The van der Waals surface area contributed by atoms with Gasteiger partial charge in [-0.2, -0.15) is 0 Å². The highest BCUT2D eigenvalue weighted by atomic mass is 32.2. The first-order valence-corrected chi connectivity index (χ1v) is 10.2. The molecule has 0 aliphatic carbocycles. The summed E-state index contributed by atoms with van der Waals surface area (Å²) in [4.78, 5) is 4.29. The average molecular weight is 350 g/mol. The maximum absolute atomic E-state index is 11.7. The van der Waals surface area contributed by atoms with E-state index < -0.39 is 9.84 Å². The average Bonchev–Trinajstić information content (AvgIpc) is 3.10. The molecule has 2 aromatic rings. The highest BCUT2D eigenvalue weighted by Crippen LogP contribution is 2.30. The van der Waals surface area contributed by atoms with E-state index in [1.807, 2.05) is 22.8 Å². The molecule has 0 amide bonds. The highest BCUT2D eigenvalue weighted by Gasteiger charge is 2.33. The lowest BCUT2D eigenvalue weighted by molar-refractivity contribution is 0.597. The van der Waals surface area contributed by atoms with Crippen molar-refractivity contribution in [2.45, 2.75) is 29.8 Å². The van der Waals surface area contributed by atoms with Crippen molar-refractivity contribution in [3.05, 3.63) is 48.6 Å². The molecule has 3 heterocycles. The summed E-state index contributed by atoms with van der Waals surface area (Å²) < 4.78 is 25.4. The number of aromatic nitrogens is 4. The van der Waals surface area contributed by atoms with Crippen LogP contribution in [0.25, 0.3) is 0 Å². The monoisotopic (exact) mass is 350 g/mol. The van der Waals surface area contributed by atoms with Crippen molar-refractivity contribution in [2.24, 2.45) is 0 Å². The molecule has 2 aromatic heterocycles. The topological polar surface area (TPSA) is 77.7 Å². The van der Waals surface area contributed by atoms with Crippen LogP contribution >= 0.6 is 11.8 Å². The van der Waals surface area contributed by atoms with Gasteiger partial charge in [0.05, 0.1) is 17.2 Å². The summed E-state index contributed by atoms with van der Waals surface area (Å²) >= 11 is 1.55. The van der Waals surface area contributed by atoms with Crippen LogP contribution in [0.4, 0.5) is 0 Å². The summed E-state index contributed by atoms with van der Waals surface area (Å²) in [6.07, 6.45) is 4.16. The van der Waals surface area contributed by atoms with E-state index in [0.717, 1.165) is 16.7 Å². The first kappa shape index (κ1) is 16.2. The van der Waals surface area contributed by atoms with Crippen molar-refractivity contribution < 1.29 is 8.42 Å². The molecule has 3 rings (SSSR count). The zero-order valence-corrected chi connectivity index (χ0v) is 14.3. The molecule has 1 atom stereocenters. The molecule has 1 aliphatic rings. The summed E-state index contributed by atoms with van der Waals surface area (Å²) in [7, 11) is -2.95. The number of hydrogen-bond acceptors (Lipinski definition) is 6. The lowest BCUT2D eigenvalue weighted by Crippen LogP contribution is -2.11. The molecule has 1 fully saturated rings. The summed E-state index contributed by atoms with van der Waals surface area (Å²) in [5.41, 5.74) is 0.968. The van der Waals surface area contributed by atoms with Crippen molar-refractivity contribution in [3.8, 4) is 0 Å². The van der Waals surface area contributed by atoms with Crippen LogP contribution in [-0.2, 0) is 22.1 Å². The van der Waals surface area contributed by atoms with Gasteiger partial charge in [0.1, 0.15) is 5.82 Å². The fourth-order valence-corrected chi connectivity index (χ4v) is 5.24. The van der Waals surface area contributed by atoms with Crippen LogP contribution in [0.2, 0.25) is 0 Å². The molecular formula is C15H18N4O2S2. The minimum atomic E-state index is -2.95. The lowest BCUT2D eigenvalue weighted by Gasteiger charge is -2.11. The molecule has 122 valence electrons. The van der Waals surface area contributed by atoms with Crippen LogP contribution in [0, 0.1) is 0 Å². The maximum Gasteiger partial charge on any atom is 0.191 e. The minimum Gasteiger partial charge on any atom is -0.302 e. The van der Waals surface area contributed by atoms with Gasteiger partial charge in [-0.3, -0.25) is 4.98 Å². The van der Waals surface area contributed by atoms with Crippen LogP contribution in [0.1, 0.15) is 23.9 Å². The third-order valence-electron chi connectivity index (χ3n) is 3.73. The number of nitrogens with zero attached hydrogens (tertiary/aromatic N) is 4. The van der Waals surface area contributed by atoms with Crippen molar-refractivity contribution in [2.75, 3.05) is 11.5 Å². The van der Waals surface area contributed by atoms with E-state index in [1.54, 1.807) is 24.0 Å². The third-order valence-corrected chi connectivity index (χ3v) is 6.50. The van der Waals surface area contributed by atoms with Gasteiger partial charge in [0.15, 0.2) is 15.0 Å². The Kier molecular flexibility index (Phi) is 4.82. The number of allylic oxidation sites excluding steroid dienone is 1. The molecule has 0 spiro atoms. The normalized spacial score (nSPS) is 19.7. The molecular weight excluding hydrogens is 332 g/mol. The molecule has 0 aromatic carbocycles. The predicted molar refractivity (Wildman–Crippen MR) is 90.0 cm³/mol. The Hall–Kier alpha value is -1.67. The third kappa shape index (κ3) is 3.81. The number of pyridine rings is 1. The predicted octanol–water partition coefficient (Wildman–Crippen LogP) is 2.05. The van der Waals surface area contributed by atoms with Gasteiger partial charge in [-0.25, -0.2) is 8.42 Å². The Morgan fingerprint density at radius 3 is 2.91 bits per heavy atom. The fraction of sp³-hybridized carbons (Fsp3) is 0.400. The molecule has 0 saturated carbocycles. The maximum atomic E-state index is 11.7. The quantitative estimate of drug-likeness (QED) is 0.586. The van der Waals surface area contributed by atoms with E-state index in [-0.39, 0.29) is 17.4 Å². The Bertz CT molecular complexity index is 787. The van der Waals surface area contributed by atoms with Crippen LogP contribution in [0.3, 0.4) is 0 Å². The SMILES string of the molecule is C=CCn1c(SCc2ccccn2)nnc1C1CCS(=O)(=O)C1. The smallest absolute Gasteiger partial charge is 0.191 e. The van der Waals surface area contributed by atoms with Gasteiger partial charge in [0.2, 0.25) is 0 Å². The van der Waals surface area contributed by atoms with E-state index in [4.69, 9.17) is 0 Å². The second kappa shape index (κ2) is 6.84. The number of rotatable bonds is 6. The second-order valence-corrected chi connectivity index (χ2v) is 8.62. The Balaban J connectivity index is 1.80. The largest absolute Gasteiger partial charge is 0.302 e. The van der Waals surface area contributed by atoms with Gasteiger partial charge in [-0.1, -0.05) is 23.9 Å². The van der Waals surface area contributed by atoms with Crippen molar-refractivity contribution in [3.63, 3.8) is 0 Å². The number of hydrogen-bond donors (Lipinski definition) is 0. The molecule has 1 unspecified atom stereocenters. The van der Waals surface area contributed by atoms with Crippen LogP contribution in [0.5, 0.6) is 0 Å². The van der Waals surface area contributed by atoms with Gasteiger partial charge in [0.25, 0.3) is 0 Å². The van der Waals surface area contributed by atoms with Crippen molar-refractivity contribution in [1.29, 1.82) is 0 Å². The Labute approximate surface area is 140 Å². The van der Waals surface area contributed by atoms with Crippen molar-refractivity contribution in [1.82, 2.24) is 19.7 Å². The summed E-state index contributed by atoms with van der Waals surface area (Å²) in [6, 6.07) is 5.80. The van der Waals surface area contributed by atoms with E-state index in [2.05, 4.69) is 21.8 Å². The molecule has 8 heteroatoms. The van der Waals surface area contributed by atoms with Gasteiger partial charge >= 0.3 is 0 Å². The highest BCUT2D eigenvalue weighted by molar-refractivity contribution is 7.98. The van der Waals surface area contributed by atoms with Gasteiger partial charge in [0, 0.05) is 24.4 Å². The molecule has 23 heavy (non-hydrogen) atoms. The molecule has 6 nitrogen and oxygen atoms in total. The molecule has 1 saturated heterocycles. The zero-order valence-electron chi connectivity index (χ0n) is 12.6. The van der Waals surface area contributed by atoms with E-state index in [1.165, 1.54) is 0 Å². The van der Waals surface area contributed by atoms with Crippen LogP contribution in [-0.4, -0.2) is 39.7 Å². The van der Waals surface area contributed by atoms with Gasteiger partial charge in [-0.05, 0) is 18.6 Å². The lowest BCUT2D eigenvalue weighted by atomic mass is 10.1. The van der Waals surface area contributed by atoms with Gasteiger partial charge < -0.3 is 4.57 Å². The molecule has 0 radical (unpaired) electrons. The number of thioether (sulfide) groups is 1. The molecule has 1 aliphatic heterocycles. The fourth-order valence-electron chi connectivity index (χ4n) is 2.63. The Morgan fingerprint density at radius 1 is 1.39 bits per heavy atom. The summed E-state index contributed by atoms with van der Waals surface area (Å²) in [6.45, 7) is 4.35. The van der Waals surface area contributed by atoms with E-state index in [9.17, 15) is 8.42 Å². The summed E-state index contributed by atoms with van der Waals surface area (Å²) in [5.74, 6) is 1.76. The minimum absolute atomic E-state index is 0.0725. The van der Waals surface area contributed by atoms with Crippen LogP contribution in [0.15, 0.2) is 42.2 Å². The first-order valence-electron chi connectivity index (χ1n) is 7.36. The van der Waals surface area contributed by atoms with Gasteiger partial charge in [-0.15, -0.1) is 16.8 Å². The first-order chi connectivity index (χ1) is 11.1. The molecule has 0 bridgehead atoms. The van der Waals surface area contributed by atoms with Crippen molar-refractivity contribution >= 4 is 21.6 Å². The standard InChI is InChI=1S/C15H18N4O2S2/c1-2-8-19-14(12-6-9-23(20,21)11-12)17-18-15(19)22-10-13-5-3-4-7-16-13/h2-5,7,12H,1,6,8-11H2. The molecule has 0 N–H and O–H groups in total. The second-order valence-electron chi connectivity index (χ2n) is 5.45. The Morgan fingerprint density at radius 2 is 2.26 bits per heavy atom. The van der Waals surface area contributed by atoms with E-state index in [0.29, 0.717) is 18.7 Å². The zero-order chi connectivity index (χ0) is 16.3. The van der Waals surface area contributed by atoms with E-state index >= 15 is 0 Å². The number of sulfone groups is 1. The van der Waals surface area contributed by atoms with Crippen LogP contribution < -0.4 is 0 Å².